The van der Waals surface area contributed by atoms with Gasteiger partial charge in [0.15, 0.2) is 0 Å². The largest absolute Gasteiger partial charge is 0.459 e. The first kappa shape index (κ1) is 41.3. The molecule has 0 bridgehead atoms. The molecule has 0 fully saturated rings. The summed E-state index contributed by atoms with van der Waals surface area (Å²) in [6.45, 7) is 15.6. The molecule has 0 spiro atoms. The third kappa shape index (κ3) is 5.87. The van der Waals surface area contributed by atoms with Crippen molar-refractivity contribution in [3.63, 3.8) is 0 Å². The Morgan fingerprint density at radius 1 is 0.380 bits per heavy atom. The molecule has 6 aliphatic heterocycles. The average molecular weight is 933 g/mol. The van der Waals surface area contributed by atoms with Crippen molar-refractivity contribution in [1.82, 2.24) is 0 Å². The maximum Gasteiger partial charge on any atom is 0.260 e. The Labute approximate surface area is 420 Å². The fourth-order valence-corrected chi connectivity index (χ4v) is 14.1. The van der Waals surface area contributed by atoms with Gasteiger partial charge >= 0.3 is 0 Å². The molecule has 0 saturated carbocycles. The van der Waals surface area contributed by atoms with Crippen molar-refractivity contribution in [1.29, 1.82) is 0 Å². The SMILES string of the molecule is Cc1cc(C)cc(N2c3cc4c(cc3B3c5c2cc(C(C)(C)C)cc5N(c2cc(C)cc(C)c2)c2cc5c6c(c23)Oc2ccccc2B6c2ccccc2O5)B2c3ccccc3Oc3cccc(c32)S4)c1. The number of aryl methyl sites for hydroxylation is 4. The van der Waals surface area contributed by atoms with Crippen LogP contribution < -0.4 is 73.2 Å². The molecule has 9 aromatic carbocycles. The van der Waals surface area contributed by atoms with Gasteiger partial charge in [0.05, 0.1) is 0 Å². The molecule has 0 saturated heterocycles. The zero-order valence-electron chi connectivity index (χ0n) is 40.8. The van der Waals surface area contributed by atoms with Crippen molar-refractivity contribution in [3.05, 3.63) is 186 Å². The summed E-state index contributed by atoms with van der Waals surface area (Å²) in [4.78, 5) is 7.63. The van der Waals surface area contributed by atoms with Crippen LogP contribution in [0.4, 0.5) is 34.1 Å². The second-order valence-electron chi connectivity index (χ2n) is 21.5. The number of para-hydroxylation sites is 3. The van der Waals surface area contributed by atoms with Gasteiger partial charge in [-0.15, -0.1) is 0 Å². The highest BCUT2D eigenvalue weighted by Gasteiger charge is 2.51. The van der Waals surface area contributed by atoms with E-state index in [1.54, 1.807) is 0 Å². The summed E-state index contributed by atoms with van der Waals surface area (Å²) in [6, 6.07) is 58.8. The molecule has 71 heavy (non-hydrogen) atoms. The molecule has 5 nitrogen and oxygen atoms in total. The number of benzene rings is 9. The van der Waals surface area contributed by atoms with Crippen LogP contribution in [0.5, 0.6) is 34.5 Å². The van der Waals surface area contributed by atoms with Crippen LogP contribution in [0.25, 0.3) is 0 Å². The maximum absolute atomic E-state index is 7.55. The number of hydrogen-bond donors (Lipinski definition) is 0. The van der Waals surface area contributed by atoms with Crippen LogP contribution in [0, 0.1) is 27.7 Å². The Kier molecular flexibility index (Phi) is 8.47. The lowest BCUT2D eigenvalue weighted by Gasteiger charge is -2.47. The van der Waals surface area contributed by atoms with Gasteiger partial charge in [0.2, 0.25) is 0 Å². The van der Waals surface area contributed by atoms with Crippen LogP contribution in [0.15, 0.2) is 168 Å². The maximum atomic E-state index is 7.55. The third-order valence-corrected chi connectivity index (χ3v) is 16.9. The number of ether oxygens (including phenoxy) is 3. The van der Waals surface area contributed by atoms with Gasteiger partial charge in [-0.3, -0.25) is 0 Å². The van der Waals surface area contributed by atoms with Crippen LogP contribution >= 0.6 is 11.8 Å². The first-order valence-corrected chi connectivity index (χ1v) is 25.7. The Bertz CT molecular complexity index is 3810. The summed E-state index contributed by atoms with van der Waals surface area (Å²) in [7, 11) is 0. The van der Waals surface area contributed by atoms with E-state index in [1.165, 1.54) is 82.0 Å². The summed E-state index contributed by atoms with van der Waals surface area (Å²) in [5.74, 6) is 5.33. The second-order valence-corrected chi connectivity index (χ2v) is 22.6. The Hall–Kier alpha value is -7.48. The minimum atomic E-state index is -0.228. The summed E-state index contributed by atoms with van der Waals surface area (Å²) >= 11 is 1.87. The van der Waals surface area contributed by atoms with Crippen LogP contribution in [0.1, 0.15) is 48.6 Å². The first-order valence-electron chi connectivity index (χ1n) is 24.9. The van der Waals surface area contributed by atoms with Gasteiger partial charge in [-0.05, 0) is 172 Å². The fourth-order valence-electron chi connectivity index (χ4n) is 12.9. The number of rotatable bonds is 2. The van der Waals surface area contributed by atoms with Gasteiger partial charge in [-0.2, -0.15) is 0 Å². The molecule has 9 heteroatoms. The molecule has 0 aliphatic carbocycles. The summed E-state index contributed by atoms with van der Waals surface area (Å²) in [6.07, 6.45) is 0. The standard InChI is InChI=1S/C62H47B3N2O3S/c1-34-23-35(2)26-39(25-34)66-46-33-56-45(64-42-16-9-11-18-50(42)68-53-21-14-22-55(71-56)59(53)64)31-44(46)65-57-47(66)29-38(62(5,6)7)30-48(57)67(40-27-36(3)24-37(4)28-40)49-32-54-60-61(58(49)65)70-52-20-13-10-17-43(52)63(60)41-15-8-12-19-51(41)69-54/h8-33H,1-7H3. The van der Waals surface area contributed by atoms with Crippen molar-refractivity contribution >= 4 is 115 Å². The van der Waals surface area contributed by atoms with E-state index in [-0.39, 0.29) is 25.6 Å². The quantitative estimate of drug-likeness (QED) is 0.161. The second kappa shape index (κ2) is 14.6. The van der Waals surface area contributed by atoms with E-state index in [0.717, 1.165) is 73.4 Å². The van der Waals surface area contributed by atoms with E-state index in [1.807, 2.05) is 11.8 Å². The van der Waals surface area contributed by atoms with E-state index >= 15 is 0 Å². The summed E-state index contributed by atoms with van der Waals surface area (Å²) in [5, 5.41) is 0. The lowest BCUT2D eigenvalue weighted by atomic mass is 9.29. The molecule has 15 rings (SSSR count). The van der Waals surface area contributed by atoms with Crippen molar-refractivity contribution in [2.24, 2.45) is 0 Å². The van der Waals surface area contributed by atoms with Gasteiger partial charge in [0, 0.05) is 55.4 Å². The van der Waals surface area contributed by atoms with Crippen molar-refractivity contribution in [2.45, 2.75) is 63.7 Å². The van der Waals surface area contributed by atoms with Crippen LogP contribution in [0.3, 0.4) is 0 Å². The molecular formula is C62H47B3N2O3S. The molecule has 6 aliphatic rings. The molecule has 6 heterocycles. The fraction of sp³-hybridized carbons (Fsp3) is 0.129. The lowest BCUT2D eigenvalue weighted by molar-refractivity contribution is 0.467. The van der Waals surface area contributed by atoms with Gasteiger partial charge in [0.25, 0.3) is 20.1 Å². The highest BCUT2D eigenvalue weighted by atomic mass is 32.2. The number of hydrogen-bond acceptors (Lipinski definition) is 6. The van der Waals surface area contributed by atoms with E-state index in [9.17, 15) is 0 Å². The molecular weight excluding hydrogens is 885 g/mol. The lowest BCUT2D eigenvalue weighted by Crippen LogP contribution is -2.66. The van der Waals surface area contributed by atoms with E-state index in [4.69, 9.17) is 14.2 Å². The normalized spacial score (nSPS) is 14.5. The minimum Gasteiger partial charge on any atom is -0.459 e. The summed E-state index contributed by atoms with van der Waals surface area (Å²) < 4.78 is 21.4. The number of fused-ring (bicyclic) bond motifs is 13. The van der Waals surface area contributed by atoms with Crippen molar-refractivity contribution in [3.8, 4) is 34.5 Å². The average Bonchev–Trinajstić information content (AvgIpc) is 3.35. The van der Waals surface area contributed by atoms with Gasteiger partial charge in [-0.1, -0.05) is 117 Å². The molecule has 0 aromatic heterocycles. The van der Waals surface area contributed by atoms with E-state index in [2.05, 4.69) is 216 Å². The highest BCUT2D eigenvalue weighted by molar-refractivity contribution is 8.00. The van der Waals surface area contributed by atoms with Crippen LogP contribution in [-0.4, -0.2) is 20.1 Å². The highest BCUT2D eigenvalue weighted by Crippen LogP contribution is 2.50. The molecule has 0 atom stereocenters. The Balaban J connectivity index is 1.11. The van der Waals surface area contributed by atoms with Gasteiger partial charge in [-0.25, -0.2) is 0 Å². The van der Waals surface area contributed by atoms with Crippen molar-refractivity contribution in [2.75, 3.05) is 9.80 Å². The minimum absolute atomic E-state index is 0.0133. The monoisotopic (exact) mass is 932 g/mol. The summed E-state index contributed by atoms with van der Waals surface area (Å²) in [5.41, 5.74) is 23.6. The van der Waals surface area contributed by atoms with Gasteiger partial charge < -0.3 is 24.0 Å². The predicted molar refractivity (Wildman–Crippen MR) is 298 cm³/mol. The zero-order valence-corrected chi connectivity index (χ0v) is 41.6. The zero-order chi connectivity index (χ0) is 47.8. The number of anilines is 6. The van der Waals surface area contributed by atoms with Crippen molar-refractivity contribution < 1.29 is 14.2 Å². The van der Waals surface area contributed by atoms with E-state index in [0.29, 0.717) is 0 Å². The van der Waals surface area contributed by atoms with Gasteiger partial charge in [0.1, 0.15) is 34.5 Å². The van der Waals surface area contributed by atoms with Crippen LogP contribution in [0.2, 0.25) is 0 Å². The third-order valence-electron chi connectivity index (χ3n) is 15.7. The predicted octanol–water partition coefficient (Wildman–Crippen LogP) is 10.1. The molecule has 0 amide bonds. The molecule has 338 valence electrons. The topological polar surface area (TPSA) is 34.2 Å². The number of nitrogens with zero attached hydrogens (tertiary/aromatic N) is 2. The van der Waals surface area contributed by atoms with Crippen LogP contribution in [-0.2, 0) is 5.41 Å². The Morgan fingerprint density at radius 3 is 1.48 bits per heavy atom. The molecule has 0 unspecified atom stereocenters. The Morgan fingerprint density at radius 2 is 0.887 bits per heavy atom. The van der Waals surface area contributed by atoms with E-state index < -0.39 is 0 Å². The first-order chi connectivity index (χ1) is 34.4. The smallest absolute Gasteiger partial charge is 0.260 e. The molecule has 9 aromatic rings. The molecule has 0 radical (unpaired) electrons. The molecule has 0 N–H and O–H groups in total.